The van der Waals surface area contributed by atoms with Crippen LogP contribution in [0.4, 0.5) is 5.69 Å². The van der Waals surface area contributed by atoms with Crippen molar-refractivity contribution in [2.75, 3.05) is 5.32 Å². The summed E-state index contributed by atoms with van der Waals surface area (Å²) in [5.74, 6) is -0.109. The van der Waals surface area contributed by atoms with Crippen molar-refractivity contribution < 1.29 is 4.79 Å². The van der Waals surface area contributed by atoms with Crippen LogP contribution < -0.4 is 5.32 Å². The van der Waals surface area contributed by atoms with Gasteiger partial charge in [0.15, 0.2) is 0 Å². The van der Waals surface area contributed by atoms with Crippen LogP contribution >= 0.6 is 0 Å². The number of hydrogen-bond acceptors (Lipinski definition) is 2. The van der Waals surface area contributed by atoms with Gasteiger partial charge in [0.05, 0.1) is 17.2 Å². The Hall–Kier alpha value is -3.58. The van der Waals surface area contributed by atoms with Gasteiger partial charge in [0.25, 0.3) is 5.91 Å². The zero-order valence-corrected chi connectivity index (χ0v) is 12.7. The fourth-order valence-corrected chi connectivity index (χ4v) is 2.88. The van der Waals surface area contributed by atoms with Gasteiger partial charge < -0.3 is 10.3 Å². The molecule has 2 heterocycles. The van der Waals surface area contributed by atoms with E-state index in [-0.39, 0.29) is 5.91 Å². The molecule has 4 rings (SSSR count). The molecule has 4 heteroatoms. The van der Waals surface area contributed by atoms with Gasteiger partial charge in [-0.1, -0.05) is 24.3 Å². The molecule has 1 aromatic heterocycles. The molecular formula is C20H13N3O. The Kier molecular flexibility index (Phi) is 3.25. The minimum atomic E-state index is -0.109. The molecule has 114 valence electrons. The number of amides is 1. The molecule has 1 aliphatic heterocycles. The first-order valence-electron chi connectivity index (χ1n) is 7.56. The summed E-state index contributed by atoms with van der Waals surface area (Å²) >= 11 is 0. The molecule has 0 fully saturated rings. The molecule has 3 aromatic rings. The quantitative estimate of drug-likeness (QED) is 0.701. The van der Waals surface area contributed by atoms with E-state index >= 15 is 0 Å². The highest BCUT2D eigenvalue weighted by Crippen LogP contribution is 2.36. The van der Waals surface area contributed by atoms with Gasteiger partial charge in [-0.05, 0) is 47.5 Å². The minimum absolute atomic E-state index is 0.109. The summed E-state index contributed by atoms with van der Waals surface area (Å²) in [4.78, 5) is 15.3. The Morgan fingerprint density at radius 2 is 1.88 bits per heavy atom. The Morgan fingerprint density at radius 1 is 1.00 bits per heavy atom. The number of nitriles is 1. The van der Waals surface area contributed by atoms with Crippen molar-refractivity contribution in [3.63, 3.8) is 0 Å². The molecule has 0 saturated carbocycles. The highest BCUT2D eigenvalue weighted by atomic mass is 16.2. The lowest BCUT2D eigenvalue weighted by molar-refractivity contribution is -0.110. The maximum atomic E-state index is 12.3. The van der Waals surface area contributed by atoms with Crippen LogP contribution in [0.1, 0.15) is 16.8 Å². The Balaban J connectivity index is 1.76. The first-order valence-corrected chi connectivity index (χ1v) is 7.56. The number of aromatic nitrogens is 1. The summed E-state index contributed by atoms with van der Waals surface area (Å²) in [5, 5.41) is 12.0. The van der Waals surface area contributed by atoms with Crippen LogP contribution in [0.3, 0.4) is 0 Å². The van der Waals surface area contributed by atoms with E-state index in [0.29, 0.717) is 11.1 Å². The number of carbonyl (C=O) groups is 1. The van der Waals surface area contributed by atoms with Crippen molar-refractivity contribution in [1.82, 2.24) is 4.98 Å². The maximum absolute atomic E-state index is 12.3. The van der Waals surface area contributed by atoms with Gasteiger partial charge in [-0.2, -0.15) is 5.26 Å². The molecule has 0 bridgehead atoms. The number of hydrogen-bond donors (Lipinski definition) is 2. The number of rotatable bonds is 2. The lowest BCUT2D eigenvalue weighted by Gasteiger charge is -2.05. The standard InChI is InChI=1S/C20H13N3O/c21-12-13-3-1-4-14(9-13)15-6-7-17-18(11-16-5-2-8-22-16)20(24)23-19(17)10-15/h1-11,22H,(H,23,24)/b18-11-. The smallest absolute Gasteiger partial charge is 0.256 e. The van der Waals surface area contributed by atoms with E-state index < -0.39 is 0 Å². The number of anilines is 1. The summed E-state index contributed by atoms with van der Waals surface area (Å²) < 4.78 is 0. The Bertz CT molecular complexity index is 1010. The number of aromatic amines is 1. The first-order chi connectivity index (χ1) is 11.7. The zero-order valence-electron chi connectivity index (χ0n) is 12.7. The molecule has 0 radical (unpaired) electrons. The van der Waals surface area contributed by atoms with E-state index in [9.17, 15) is 4.79 Å². The molecule has 0 aliphatic carbocycles. The van der Waals surface area contributed by atoms with Crippen LogP contribution in [0.5, 0.6) is 0 Å². The number of nitrogens with one attached hydrogen (secondary N) is 2. The first kappa shape index (κ1) is 14.0. The largest absolute Gasteiger partial charge is 0.362 e. The van der Waals surface area contributed by atoms with Crippen LogP contribution in [0, 0.1) is 11.3 Å². The normalized spacial score (nSPS) is 14.3. The van der Waals surface area contributed by atoms with E-state index in [2.05, 4.69) is 16.4 Å². The van der Waals surface area contributed by atoms with Crippen molar-refractivity contribution in [2.45, 2.75) is 0 Å². The Morgan fingerprint density at radius 3 is 2.67 bits per heavy atom. The number of carbonyl (C=O) groups excluding carboxylic acids is 1. The van der Waals surface area contributed by atoms with E-state index in [1.807, 2.05) is 60.8 Å². The molecule has 0 spiro atoms. The summed E-state index contributed by atoms with van der Waals surface area (Å²) in [6, 6.07) is 19.2. The fourth-order valence-electron chi connectivity index (χ4n) is 2.88. The molecule has 4 nitrogen and oxygen atoms in total. The topological polar surface area (TPSA) is 68.7 Å². The molecule has 0 unspecified atom stereocenters. The number of H-pyrrole nitrogens is 1. The third-order valence-corrected chi connectivity index (χ3v) is 4.05. The summed E-state index contributed by atoms with van der Waals surface area (Å²) in [7, 11) is 0. The monoisotopic (exact) mass is 311 g/mol. The lowest BCUT2D eigenvalue weighted by Crippen LogP contribution is -2.03. The van der Waals surface area contributed by atoms with Gasteiger partial charge in [0, 0.05) is 23.1 Å². The van der Waals surface area contributed by atoms with Gasteiger partial charge in [-0.25, -0.2) is 0 Å². The van der Waals surface area contributed by atoms with Gasteiger partial charge in [0.2, 0.25) is 0 Å². The van der Waals surface area contributed by atoms with Crippen molar-refractivity contribution in [2.24, 2.45) is 0 Å². The molecule has 0 atom stereocenters. The third kappa shape index (κ3) is 2.38. The molecule has 0 saturated heterocycles. The van der Waals surface area contributed by atoms with Crippen LogP contribution in [0.25, 0.3) is 22.8 Å². The van der Waals surface area contributed by atoms with Crippen LogP contribution in [0.15, 0.2) is 60.8 Å². The van der Waals surface area contributed by atoms with Crippen LogP contribution in [-0.2, 0) is 4.79 Å². The van der Waals surface area contributed by atoms with Crippen LogP contribution in [-0.4, -0.2) is 10.9 Å². The number of fused-ring (bicyclic) bond motifs is 1. The molecule has 2 N–H and O–H groups in total. The second kappa shape index (κ2) is 5.56. The average Bonchev–Trinajstić information content (AvgIpc) is 3.23. The van der Waals surface area contributed by atoms with Crippen LogP contribution in [0.2, 0.25) is 0 Å². The average molecular weight is 311 g/mol. The second-order valence-corrected chi connectivity index (χ2v) is 5.59. The van der Waals surface area contributed by atoms with Crippen molar-refractivity contribution in [3.05, 3.63) is 77.6 Å². The van der Waals surface area contributed by atoms with E-state index in [4.69, 9.17) is 5.26 Å². The minimum Gasteiger partial charge on any atom is -0.362 e. The van der Waals surface area contributed by atoms with E-state index in [1.165, 1.54) is 0 Å². The van der Waals surface area contributed by atoms with Gasteiger partial charge in [-0.15, -0.1) is 0 Å². The molecule has 24 heavy (non-hydrogen) atoms. The van der Waals surface area contributed by atoms with Crippen molar-refractivity contribution in [1.29, 1.82) is 5.26 Å². The third-order valence-electron chi connectivity index (χ3n) is 4.05. The Labute approximate surface area is 139 Å². The van der Waals surface area contributed by atoms with E-state index in [0.717, 1.165) is 28.1 Å². The number of nitrogens with zero attached hydrogens (tertiary/aromatic N) is 1. The lowest BCUT2D eigenvalue weighted by atomic mass is 9.99. The summed E-state index contributed by atoms with van der Waals surface area (Å²) in [5.41, 5.74) is 5.74. The second-order valence-electron chi connectivity index (χ2n) is 5.59. The van der Waals surface area contributed by atoms with Gasteiger partial charge in [0.1, 0.15) is 0 Å². The molecular weight excluding hydrogens is 298 g/mol. The maximum Gasteiger partial charge on any atom is 0.256 e. The number of benzene rings is 2. The SMILES string of the molecule is N#Cc1cccc(-c2ccc3c(c2)NC(=O)/C3=C\c2ccc[nH]2)c1. The van der Waals surface area contributed by atoms with Gasteiger partial charge >= 0.3 is 0 Å². The fraction of sp³-hybridized carbons (Fsp3) is 0. The highest BCUT2D eigenvalue weighted by Gasteiger charge is 2.24. The van der Waals surface area contributed by atoms with E-state index in [1.54, 1.807) is 6.07 Å². The molecule has 1 amide bonds. The van der Waals surface area contributed by atoms with Crippen molar-refractivity contribution >= 4 is 23.2 Å². The molecule has 2 aromatic carbocycles. The summed E-state index contributed by atoms with van der Waals surface area (Å²) in [6.45, 7) is 0. The van der Waals surface area contributed by atoms with Gasteiger partial charge in [-0.3, -0.25) is 4.79 Å². The van der Waals surface area contributed by atoms with Crippen molar-refractivity contribution in [3.8, 4) is 17.2 Å². The molecule has 1 aliphatic rings. The zero-order chi connectivity index (χ0) is 16.5. The highest BCUT2D eigenvalue weighted by molar-refractivity contribution is 6.35. The predicted molar refractivity (Wildman–Crippen MR) is 93.9 cm³/mol. The predicted octanol–water partition coefficient (Wildman–Crippen LogP) is 4.05. The summed E-state index contributed by atoms with van der Waals surface area (Å²) in [6.07, 6.45) is 3.67.